The molecular formula is C20H32BrN3O2. The van der Waals surface area contributed by atoms with Crippen molar-refractivity contribution in [1.29, 1.82) is 0 Å². The molecular weight excluding hydrogens is 394 g/mol. The Labute approximate surface area is 166 Å². The van der Waals surface area contributed by atoms with Crippen molar-refractivity contribution in [2.24, 2.45) is 10.9 Å². The van der Waals surface area contributed by atoms with Crippen LogP contribution in [0.3, 0.4) is 0 Å². The zero-order chi connectivity index (χ0) is 19.0. The van der Waals surface area contributed by atoms with Crippen LogP contribution < -0.4 is 5.32 Å². The topological polar surface area (TPSA) is 46.1 Å². The molecule has 6 heteroatoms. The highest BCUT2D eigenvalue weighted by Crippen LogP contribution is 2.24. The summed E-state index contributed by atoms with van der Waals surface area (Å²) in [7, 11) is 3.56. The summed E-state index contributed by atoms with van der Waals surface area (Å²) in [6.45, 7) is 9.49. The van der Waals surface area contributed by atoms with Crippen LogP contribution in [-0.2, 0) is 14.9 Å². The molecule has 2 rings (SSSR count). The van der Waals surface area contributed by atoms with Gasteiger partial charge in [0.1, 0.15) is 0 Å². The van der Waals surface area contributed by atoms with Crippen LogP contribution in [0.15, 0.2) is 33.7 Å². The normalized spacial score (nSPS) is 18.4. The minimum absolute atomic E-state index is 0.0268. The quantitative estimate of drug-likeness (QED) is 0.394. The lowest BCUT2D eigenvalue weighted by Crippen LogP contribution is -2.45. The van der Waals surface area contributed by atoms with Crippen molar-refractivity contribution in [2.75, 3.05) is 53.6 Å². The molecule has 1 heterocycles. The third-order valence-corrected chi connectivity index (χ3v) is 5.43. The summed E-state index contributed by atoms with van der Waals surface area (Å²) in [4.78, 5) is 6.82. The fourth-order valence-electron chi connectivity index (χ4n) is 3.19. The first-order chi connectivity index (χ1) is 12.5. The summed E-state index contributed by atoms with van der Waals surface area (Å²) >= 11 is 3.50. The van der Waals surface area contributed by atoms with Crippen LogP contribution in [0.1, 0.15) is 25.8 Å². The molecule has 1 atom stereocenters. The van der Waals surface area contributed by atoms with E-state index in [1.54, 1.807) is 7.11 Å². The molecule has 0 aromatic heterocycles. The van der Waals surface area contributed by atoms with Crippen molar-refractivity contribution >= 4 is 21.9 Å². The Morgan fingerprint density at radius 3 is 2.69 bits per heavy atom. The average molecular weight is 426 g/mol. The van der Waals surface area contributed by atoms with Crippen LogP contribution in [0.2, 0.25) is 0 Å². The van der Waals surface area contributed by atoms with Gasteiger partial charge in [0.15, 0.2) is 5.96 Å². The molecule has 1 fully saturated rings. The fraction of sp³-hybridized carbons (Fsp3) is 0.650. The second kappa shape index (κ2) is 10.3. The molecule has 1 aliphatic rings. The van der Waals surface area contributed by atoms with Gasteiger partial charge in [-0.3, -0.25) is 4.99 Å². The molecule has 1 aromatic rings. The highest BCUT2D eigenvalue weighted by Gasteiger charge is 2.27. The lowest BCUT2D eigenvalue weighted by molar-refractivity contribution is 0.0536. The first-order valence-electron chi connectivity index (χ1n) is 9.24. The Morgan fingerprint density at radius 1 is 1.31 bits per heavy atom. The Bertz CT molecular complexity index is 575. The van der Waals surface area contributed by atoms with Crippen molar-refractivity contribution in [1.82, 2.24) is 10.2 Å². The van der Waals surface area contributed by atoms with E-state index in [9.17, 15) is 0 Å². The number of guanidine groups is 1. The Hall–Kier alpha value is -1.11. The van der Waals surface area contributed by atoms with Gasteiger partial charge in [-0.1, -0.05) is 41.9 Å². The predicted octanol–water partition coefficient (Wildman–Crippen LogP) is 3.29. The second-order valence-corrected chi connectivity index (χ2v) is 8.38. The Kier molecular flexibility index (Phi) is 8.38. The van der Waals surface area contributed by atoms with Gasteiger partial charge < -0.3 is 19.7 Å². The highest BCUT2D eigenvalue weighted by molar-refractivity contribution is 9.10. The van der Waals surface area contributed by atoms with Gasteiger partial charge in [-0.05, 0) is 24.1 Å². The third kappa shape index (κ3) is 6.25. The van der Waals surface area contributed by atoms with Crippen LogP contribution in [0.5, 0.6) is 0 Å². The lowest BCUT2D eigenvalue weighted by Gasteiger charge is -2.29. The van der Waals surface area contributed by atoms with Crippen LogP contribution in [0.4, 0.5) is 0 Å². The molecule has 0 aliphatic carbocycles. The van der Waals surface area contributed by atoms with E-state index < -0.39 is 0 Å². The van der Waals surface area contributed by atoms with E-state index in [0.29, 0.717) is 19.1 Å². The summed E-state index contributed by atoms with van der Waals surface area (Å²) < 4.78 is 11.8. The van der Waals surface area contributed by atoms with E-state index in [2.05, 4.69) is 69.3 Å². The molecule has 1 unspecified atom stereocenters. The standard InChI is InChI=1S/C20H32BrN3O2/c1-20(2,17-5-7-18(21)8-6-17)15-23-19(22-3)24-10-9-16(13-24)14-26-12-11-25-4/h5-8,16H,9-15H2,1-4H3,(H,22,23). The SMILES string of the molecule is CN=C(NCC(C)(C)c1ccc(Br)cc1)N1CCC(COCCOC)C1. The first-order valence-corrected chi connectivity index (χ1v) is 10.0. The molecule has 1 aromatic carbocycles. The molecule has 0 radical (unpaired) electrons. The zero-order valence-electron chi connectivity index (χ0n) is 16.4. The average Bonchev–Trinajstić information content (AvgIpc) is 3.08. The summed E-state index contributed by atoms with van der Waals surface area (Å²) in [5.41, 5.74) is 1.34. The van der Waals surface area contributed by atoms with Crippen molar-refractivity contribution in [3.63, 3.8) is 0 Å². The molecule has 0 amide bonds. The molecule has 1 aliphatic heterocycles. The van der Waals surface area contributed by atoms with Gasteiger partial charge >= 0.3 is 0 Å². The van der Waals surface area contributed by atoms with Crippen LogP contribution in [-0.4, -0.2) is 64.5 Å². The van der Waals surface area contributed by atoms with Gasteiger partial charge in [-0.15, -0.1) is 0 Å². The summed E-state index contributed by atoms with van der Waals surface area (Å²) in [6.07, 6.45) is 1.14. The molecule has 0 spiro atoms. The third-order valence-electron chi connectivity index (χ3n) is 4.90. The largest absolute Gasteiger partial charge is 0.382 e. The van der Waals surface area contributed by atoms with E-state index in [-0.39, 0.29) is 5.41 Å². The maximum absolute atomic E-state index is 5.69. The zero-order valence-corrected chi connectivity index (χ0v) is 18.0. The molecule has 5 nitrogen and oxygen atoms in total. The van der Waals surface area contributed by atoms with Gasteiger partial charge in [0.25, 0.3) is 0 Å². The number of nitrogens with zero attached hydrogens (tertiary/aromatic N) is 2. The van der Waals surface area contributed by atoms with Crippen LogP contribution in [0, 0.1) is 5.92 Å². The minimum Gasteiger partial charge on any atom is -0.382 e. The number of methoxy groups -OCH3 is 1. The minimum atomic E-state index is 0.0268. The van der Waals surface area contributed by atoms with Gasteiger partial charge in [-0.25, -0.2) is 0 Å². The Morgan fingerprint density at radius 2 is 2.04 bits per heavy atom. The summed E-state index contributed by atoms with van der Waals surface area (Å²) in [6, 6.07) is 8.55. The van der Waals surface area contributed by atoms with Gasteiger partial charge in [0.2, 0.25) is 0 Å². The van der Waals surface area contributed by atoms with Gasteiger partial charge in [0, 0.05) is 49.6 Å². The van der Waals surface area contributed by atoms with E-state index in [4.69, 9.17) is 9.47 Å². The van der Waals surface area contributed by atoms with Gasteiger partial charge in [-0.2, -0.15) is 0 Å². The number of nitrogens with one attached hydrogen (secondary N) is 1. The monoisotopic (exact) mass is 425 g/mol. The number of likely N-dealkylation sites (tertiary alicyclic amines) is 1. The predicted molar refractivity (Wildman–Crippen MR) is 111 cm³/mol. The van der Waals surface area contributed by atoms with Crippen molar-refractivity contribution in [3.05, 3.63) is 34.3 Å². The number of ether oxygens (including phenoxy) is 2. The Balaban J connectivity index is 1.83. The number of benzene rings is 1. The van der Waals surface area contributed by atoms with Crippen molar-refractivity contribution < 1.29 is 9.47 Å². The van der Waals surface area contributed by atoms with E-state index in [0.717, 1.165) is 43.1 Å². The number of halogens is 1. The molecule has 1 N–H and O–H groups in total. The number of rotatable bonds is 8. The number of hydrogen-bond acceptors (Lipinski definition) is 3. The van der Waals surface area contributed by atoms with Gasteiger partial charge in [0.05, 0.1) is 19.8 Å². The van der Waals surface area contributed by atoms with Crippen molar-refractivity contribution in [2.45, 2.75) is 25.7 Å². The second-order valence-electron chi connectivity index (χ2n) is 7.46. The van der Waals surface area contributed by atoms with Crippen LogP contribution >= 0.6 is 15.9 Å². The maximum Gasteiger partial charge on any atom is 0.193 e. The lowest BCUT2D eigenvalue weighted by atomic mass is 9.85. The van der Waals surface area contributed by atoms with E-state index in [1.165, 1.54) is 5.56 Å². The fourth-order valence-corrected chi connectivity index (χ4v) is 3.45. The van der Waals surface area contributed by atoms with E-state index >= 15 is 0 Å². The summed E-state index contributed by atoms with van der Waals surface area (Å²) in [5.74, 6) is 1.54. The molecule has 0 bridgehead atoms. The number of aliphatic imine (C=N–C) groups is 1. The van der Waals surface area contributed by atoms with E-state index in [1.807, 2.05) is 7.05 Å². The molecule has 26 heavy (non-hydrogen) atoms. The highest BCUT2D eigenvalue weighted by atomic mass is 79.9. The molecule has 1 saturated heterocycles. The van der Waals surface area contributed by atoms with Crippen molar-refractivity contribution in [3.8, 4) is 0 Å². The molecule has 146 valence electrons. The van der Waals surface area contributed by atoms with Crippen LogP contribution in [0.25, 0.3) is 0 Å². The smallest absolute Gasteiger partial charge is 0.193 e. The first kappa shape index (κ1) is 21.2. The number of hydrogen-bond donors (Lipinski definition) is 1. The maximum atomic E-state index is 5.69. The molecule has 0 saturated carbocycles. The summed E-state index contributed by atoms with van der Waals surface area (Å²) in [5, 5.41) is 3.57.